The molecule has 110 valence electrons. The summed E-state index contributed by atoms with van der Waals surface area (Å²) in [5.41, 5.74) is 2.99. The first kappa shape index (κ1) is 12.9. The lowest BCUT2D eigenvalue weighted by atomic mass is 9.98. The van der Waals surface area contributed by atoms with Crippen LogP contribution in [0.1, 0.15) is 31.8 Å². The number of hydrogen-bond donors (Lipinski definition) is 0. The first-order valence-electron chi connectivity index (χ1n) is 7.07. The molecule has 0 saturated heterocycles. The van der Waals surface area contributed by atoms with Gasteiger partial charge in [-0.15, -0.1) is 0 Å². The molecule has 0 aliphatic carbocycles. The van der Waals surface area contributed by atoms with E-state index in [-0.39, 0.29) is 11.8 Å². The highest BCUT2D eigenvalue weighted by molar-refractivity contribution is 6.03. The molecule has 0 unspecified atom stereocenters. The Morgan fingerprint density at radius 3 is 2.23 bits per heavy atom. The lowest BCUT2D eigenvalue weighted by Gasteiger charge is -2.42. The van der Waals surface area contributed by atoms with Crippen LogP contribution >= 0.6 is 0 Å². The second-order valence-electron chi connectivity index (χ2n) is 5.41. The lowest BCUT2D eigenvalue weighted by molar-refractivity contribution is -0.0218. The summed E-state index contributed by atoms with van der Waals surface area (Å²) in [6.45, 7) is 0.815. The number of hydrazine groups is 1. The average Bonchev–Trinajstić information content (AvgIpc) is 2.56. The smallest absolute Gasteiger partial charge is 0.273 e. The predicted octanol–water partition coefficient (Wildman–Crippen LogP) is 2.22. The fourth-order valence-corrected chi connectivity index (χ4v) is 3.02. The van der Waals surface area contributed by atoms with E-state index in [4.69, 9.17) is 4.74 Å². The Balaban J connectivity index is 1.80. The Kier molecular flexibility index (Phi) is 2.69. The second-order valence-corrected chi connectivity index (χ2v) is 5.41. The first-order chi connectivity index (χ1) is 10.7. The second kappa shape index (κ2) is 4.59. The number of carbonyl (C=O) groups excluding carboxylic acids is 2. The molecule has 5 heteroatoms. The van der Waals surface area contributed by atoms with E-state index in [1.165, 1.54) is 10.0 Å². The molecular weight excluding hydrogens is 280 g/mol. The molecule has 0 bridgehead atoms. The Bertz CT molecular complexity index is 800. The van der Waals surface area contributed by atoms with Gasteiger partial charge in [0.05, 0.1) is 25.8 Å². The number of nitrogens with zero attached hydrogens (tertiary/aromatic N) is 2. The van der Waals surface area contributed by atoms with Gasteiger partial charge in [0.1, 0.15) is 5.75 Å². The zero-order chi connectivity index (χ0) is 15.3. The quantitative estimate of drug-likeness (QED) is 0.810. The average molecular weight is 294 g/mol. The van der Waals surface area contributed by atoms with Gasteiger partial charge in [0.2, 0.25) is 0 Å². The number of benzene rings is 2. The topological polar surface area (TPSA) is 49.9 Å². The number of amides is 2. The predicted molar refractivity (Wildman–Crippen MR) is 79.2 cm³/mol. The van der Waals surface area contributed by atoms with Gasteiger partial charge in [-0.05, 0) is 29.3 Å². The van der Waals surface area contributed by atoms with Crippen LogP contribution < -0.4 is 4.74 Å². The van der Waals surface area contributed by atoms with Crippen molar-refractivity contribution in [3.05, 3.63) is 64.7 Å². The van der Waals surface area contributed by atoms with Gasteiger partial charge in [-0.1, -0.05) is 24.3 Å². The van der Waals surface area contributed by atoms with Crippen LogP contribution in [-0.2, 0) is 13.1 Å². The molecule has 0 N–H and O–H groups in total. The van der Waals surface area contributed by atoms with Crippen LogP contribution in [0.5, 0.6) is 5.75 Å². The molecule has 0 saturated carbocycles. The first-order valence-corrected chi connectivity index (χ1v) is 7.07. The molecule has 0 fully saturated rings. The van der Waals surface area contributed by atoms with Crippen LogP contribution in [0.4, 0.5) is 0 Å². The third-order valence-corrected chi connectivity index (χ3v) is 4.20. The molecule has 0 radical (unpaired) electrons. The Morgan fingerprint density at radius 1 is 0.864 bits per heavy atom. The maximum Gasteiger partial charge on any atom is 0.273 e. The monoisotopic (exact) mass is 294 g/mol. The molecule has 5 nitrogen and oxygen atoms in total. The van der Waals surface area contributed by atoms with Gasteiger partial charge in [-0.3, -0.25) is 9.59 Å². The van der Waals surface area contributed by atoms with Gasteiger partial charge in [-0.2, -0.15) is 0 Å². The van der Waals surface area contributed by atoms with Crippen LogP contribution in [-0.4, -0.2) is 28.9 Å². The van der Waals surface area contributed by atoms with E-state index < -0.39 is 0 Å². The fraction of sp³-hybridized carbons (Fsp3) is 0.176. The number of rotatable bonds is 1. The van der Waals surface area contributed by atoms with Gasteiger partial charge < -0.3 is 4.74 Å². The van der Waals surface area contributed by atoms with E-state index >= 15 is 0 Å². The van der Waals surface area contributed by atoms with Crippen molar-refractivity contribution < 1.29 is 14.3 Å². The van der Waals surface area contributed by atoms with Crippen LogP contribution in [0, 0.1) is 0 Å². The van der Waals surface area contributed by atoms with Crippen LogP contribution in [0.2, 0.25) is 0 Å². The highest BCUT2D eigenvalue weighted by Crippen LogP contribution is 2.32. The number of ether oxygens (including phenoxy) is 1. The van der Waals surface area contributed by atoms with Crippen LogP contribution in [0.15, 0.2) is 42.5 Å². The summed E-state index contributed by atoms with van der Waals surface area (Å²) in [5, 5.41) is 3.05. The molecule has 2 aromatic carbocycles. The number of methoxy groups -OCH3 is 1. The van der Waals surface area contributed by atoms with Gasteiger partial charge in [0.25, 0.3) is 11.8 Å². The maximum atomic E-state index is 12.8. The molecule has 22 heavy (non-hydrogen) atoms. The summed E-state index contributed by atoms with van der Waals surface area (Å²) < 4.78 is 5.19. The summed E-state index contributed by atoms with van der Waals surface area (Å²) in [7, 11) is 1.57. The van der Waals surface area contributed by atoms with E-state index in [2.05, 4.69) is 0 Å². The third-order valence-electron chi connectivity index (χ3n) is 4.20. The highest BCUT2D eigenvalue weighted by atomic mass is 16.5. The van der Waals surface area contributed by atoms with Crippen molar-refractivity contribution in [2.24, 2.45) is 0 Å². The van der Waals surface area contributed by atoms with Crippen molar-refractivity contribution in [1.29, 1.82) is 0 Å². The highest BCUT2D eigenvalue weighted by Gasteiger charge is 2.38. The molecular formula is C17H14N2O3. The van der Waals surface area contributed by atoms with Crippen molar-refractivity contribution in [3.63, 3.8) is 0 Å². The number of fused-ring (bicyclic) bond motifs is 3. The minimum atomic E-state index is -0.164. The van der Waals surface area contributed by atoms with Crippen LogP contribution in [0.25, 0.3) is 0 Å². The number of carbonyl (C=O) groups is 2. The van der Waals surface area contributed by atoms with E-state index in [9.17, 15) is 9.59 Å². The van der Waals surface area contributed by atoms with E-state index in [0.717, 1.165) is 11.1 Å². The molecule has 0 spiro atoms. The zero-order valence-corrected chi connectivity index (χ0v) is 12.1. The van der Waals surface area contributed by atoms with Gasteiger partial charge >= 0.3 is 0 Å². The zero-order valence-electron chi connectivity index (χ0n) is 12.1. The summed E-state index contributed by atoms with van der Waals surface area (Å²) in [4.78, 5) is 25.4. The van der Waals surface area contributed by atoms with Gasteiger partial charge in [0, 0.05) is 5.56 Å². The third kappa shape index (κ3) is 1.72. The molecule has 4 rings (SSSR count). The van der Waals surface area contributed by atoms with Crippen molar-refractivity contribution in [2.45, 2.75) is 13.1 Å². The van der Waals surface area contributed by atoms with Gasteiger partial charge in [0.15, 0.2) is 0 Å². The molecule has 2 aromatic rings. The maximum absolute atomic E-state index is 12.8. The minimum absolute atomic E-state index is 0.128. The normalized spacial score (nSPS) is 16.0. The van der Waals surface area contributed by atoms with Gasteiger partial charge in [-0.25, -0.2) is 10.0 Å². The molecule has 0 atom stereocenters. The molecule has 2 aliphatic heterocycles. The Morgan fingerprint density at radius 2 is 1.50 bits per heavy atom. The molecule has 0 aromatic heterocycles. The minimum Gasteiger partial charge on any atom is -0.497 e. The van der Waals surface area contributed by atoms with Crippen molar-refractivity contribution in [2.75, 3.05) is 7.11 Å². The summed E-state index contributed by atoms with van der Waals surface area (Å²) >= 11 is 0. The van der Waals surface area contributed by atoms with Crippen molar-refractivity contribution in [3.8, 4) is 5.75 Å². The number of hydrogen-bond acceptors (Lipinski definition) is 3. The molecule has 2 heterocycles. The fourth-order valence-electron chi connectivity index (χ4n) is 3.02. The SMILES string of the molecule is COc1ccc2c(c1)C(=O)N1Cc3ccccc3C(=O)N1C2. The Labute approximate surface area is 127 Å². The summed E-state index contributed by atoms with van der Waals surface area (Å²) in [5.74, 6) is 0.351. The van der Waals surface area contributed by atoms with Crippen LogP contribution in [0.3, 0.4) is 0 Å². The summed E-state index contributed by atoms with van der Waals surface area (Å²) in [6, 6.07) is 12.8. The lowest BCUT2D eigenvalue weighted by Crippen LogP contribution is -2.54. The van der Waals surface area contributed by atoms with Crippen molar-refractivity contribution in [1.82, 2.24) is 10.0 Å². The summed E-state index contributed by atoms with van der Waals surface area (Å²) in [6.07, 6.45) is 0. The largest absolute Gasteiger partial charge is 0.497 e. The standard InChI is InChI=1S/C17H14N2O3/c1-22-13-7-6-12-10-18-16(20)14-5-3-2-4-11(14)9-19(18)17(21)15(12)8-13/h2-8H,9-10H2,1H3. The van der Waals surface area contributed by atoms with E-state index in [1.807, 2.05) is 36.4 Å². The van der Waals surface area contributed by atoms with Crippen molar-refractivity contribution >= 4 is 11.8 Å². The molecule has 2 aliphatic rings. The Hall–Kier alpha value is -2.82. The molecule has 2 amide bonds. The van der Waals surface area contributed by atoms with E-state index in [1.54, 1.807) is 13.2 Å². The van der Waals surface area contributed by atoms with E-state index in [0.29, 0.717) is 30.0 Å².